The number of halogens is 2. The van der Waals surface area contributed by atoms with Crippen molar-refractivity contribution in [3.05, 3.63) is 65.7 Å². The molecule has 2 rings (SSSR count). The van der Waals surface area contributed by atoms with E-state index < -0.39 is 18.3 Å². The van der Waals surface area contributed by atoms with Crippen molar-refractivity contribution in [3.63, 3.8) is 0 Å². The molecule has 132 valence electrons. The van der Waals surface area contributed by atoms with Gasteiger partial charge in [0, 0.05) is 6.54 Å². The number of hydrogen-bond acceptors (Lipinski definition) is 3. The number of aliphatic imine (C=N–C) groups is 1. The third kappa shape index (κ3) is 5.96. The highest BCUT2D eigenvalue weighted by Crippen LogP contribution is 2.15. The zero-order valence-electron chi connectivity index (χ0n) is 13.5. The van der Waals surface area contributed by atoms with E-state index in [9.17, 15) is 13.6 Å². The number of benzene rings is 2. The van der Waals surface area contributed by atoms with Gasteiger partial charge in [-0.2, -0.15) is 0 Å². The molecular formula is C18H20F2N4O. The summed E-state index contributed by atoms with van der Waals surface area (Å²) < 4.78 is 25.8. The summed E-state index contributed by atoms with van der Waals surface area (Å²) in [6.07, 6.45) is -2.87. The SMILES string of the molecule is NC(N)=Nc1ccc(CC(NCc2ccccc2)C(=O)C(F)F)cc1. The minimum atomic E-state index is -3.02. The zero-order valence-corrected chi connectivity index (χ0v) is 13.5. The summed E-state index contributed by atoms with van der Waals surface area (Å²) >= 11 is 0. The van der Waals surface area contributed by atoms with E-state index in [4.69, 9.17) is 11.5 Å². The van der Waals surface area contributed by atoms with Gasteiger partial charge in [-0.05, 0) is 29.7 Å². The first-order chi connectivity index (χ1) is 12.0. The van der Waals surface area contributed by atoms with Crippen molar-refractivity contribution in [3.8, 4) is 0 Å². The minimum Gasteiger partial charge on any atom is -0.370 e. The number of alkyl halides is 2. The molecule has 0 spiro atoms. The molecule has 0 bridgehead atoms. The van der Waals surface area contributed by atoms with Crippen LogP contribution in [0.1, 0.15) is 11.1 Å². The van der Waals surface area contributed by atoms with E-state index >= 15 is 0 Å². The van der Waals surface area contributed by atoms with Crippen molar-refractivity contribution in [2.45, 2.75) is 25.4 Å². The van der Waals surface area contributed by atoms with E-state index in [2.05, 4.69) is 10.3 Å². The molecule has 2 aromatic carbocycles. The molecule has 0 aliphatic carbocycles. The van der Waals surface area contributed by atoms with Crippen LogP contribution in [0.5, 0.6) is 0 Å². The fourth-order valence-electron chi connectivity index (χ4n) is 2.35. The Morgan fingerprint density at radius 3 is 2.20 bits per heavy atom. The summed E-state index contributed by atoms with van der Waals surface area (Å²) in [4.78, 5) is 15.7. The molecule has 0 saturated heterocycles. The Balaban J connectivity index is 2.07. The van der Waals surface area contributed by atoms with Crippen LogP contribution in [-0.2, 0) is 17.8 Å². The van der Waals surface area contributed by atoms with Gasteiger partial charge in [0.15, 0.2) is 5.96 Å². The second-order valence-corrected chi connectivity index (χ2v) is 5.53. The van der Waals surface area contributed by atoms with Crippen LogP contribution in [0, 0.1) is 0 Å². The number of guanidine groups is 1. The number of rotatable bonds is 8. The standard InChI is InChI=1S/C18H20F2N4O/c19-17(20)16(25)15(23-11-13-4-2-1-3-5-13)10-12-6-8-14(9-7-12)24-18(21)22/h1-9,15,17,23H,10-11H2,(H4,21,22,24). The summed E-state index contributed by atoms with van der Waals surface area (Å²) in [5.41, 5.74) is 12.8. The van der Waals surface area contributed by atoms with Crippen LogP contribution in [0.25, 0.3) is 0 Å². The van der Waals surface area contributed by atoms with Gasteiger partial charge in [0.2, 0.25) is 5.78 Å². The first-order valence-electron chi connectivity index (χ1n) is 7.73. The summed E-state index contributed by atoms with van der Waals surface area (Å²) in [6.45, 7) is 0.329. The van der Waals surface area contributed by atoms with Crippen molar-refractivity contribution in [2.24, 2.45) is 16.5 Å². The molecule has 0 fully saturated rings. The van der Waals surface area contributed by atoms with Crippen molar-refractivity contribution in [1.29, 1.82) is 0 Å². The number of nitrogens with zero attached hydrogens (tertiary/aromatic N) is 1. The molecule has 25 heavy (non-hydrogen) atoms. The van der Waals surface area contributed by atoms with Gasteiger partial charge in [-0.3, -0.25) is 4.79 Å². The molecule has 0 aliphatic rings. The van der Waals surface area contributed by atoms with Crippen LogP contribution in [0.15, 0.2) is 59.6 Å². The zero-order chi connectivity index (χ0) is 18.2. The first-order valence-corrected chi connectivity index (χ1v) is 7.73. The molecule has 1 unspecified atom stereocenters. The number of Topliss-reactive ketones (excluding diaryl/α,β-unsaturated/α-hetero) is 1. The van der Waals surface area contributed by atoms with Gasteiger partial charge < -0.3 is 16.8 Å². The minimum absolute atomic E-state index is 0.0666. The smallest absolute Gasteiger partial charge is 0.297 e. The average molecular weight is 346 g/mol. The van der Waals surface area contributed by atoms with Crippen LogP contribution in [0.3, 0.4) is 0 Å². The third-order valence-corrected chi connectivity index (χ3v) is 3.59. The molecule has 7 heteroatoms. The van der Waals surface area contributed by atoms with Crippen LogP contribution >= 0.6 is 0 Å². The Bertz CT molecular complexity index is 714. The van der Waals surface area contributed by atoms with Crippen molar-refractivity contribution in [1.82, 2.24) is 5.32 Å². The maximum atomic E-state index is 12.9. The van der Waals surface area contributed by atoms with Gasteiger partial charge in [-0.15, -0.1) is 0 Å². The average Bonchev–Trinajstić information content (AvgIpc) is 2.59. The molecule has 5 N–H and O–H groups in total. The maximum Gasteiger partial charge on any atom is 0.297 e. The van der Waals surface area contributed by atoms with Crippen LogP contribution in [0.2, 0.25) is 0 Å². The van der Waals surface area contributed by atoms with Gasteiger partial charge in [0.05, 0.1) is 11.7 Å². The predicted molar refractivity (Wildman–Crippen MR) is 93.7 cm³/mol. The highest BCUT2D eigenvalue weighted by atomic mass is 19.3. The van der Waals surface area contributed by atoms with Gasteiger partial charge in [0.1, 0.15) is 0 Å². The van der Waals surface area contributed by atoms with Crippen LogP contribution < -0.4 is 16.8 Å². The number of ketones is 1. The Morgan fingerprint density at radius 1 is 1.00 bits per heavy atom. The fraction of sp³-hybridized carbons (Fsp3) is 0.222. The summed E-state index contributed by atoms with van der Waals surface area (Å²) in [5, 5.41) is 2.92. The van der Waals surface area contributed by atoms with E-state index in [1.807, 2.05) is 30.3 Å². The monoisotopic (exact) mass is 346 g/mol. The number of carbonyl (C=O) groups excluding carboxylic acids is 1. The molecule has 0 amide bonds. The second kappa shape index (κ2) is 8.89. The Labute approximate surface area is 144 Å². The molecule has 2 aromatic rings. The van der Waals surface area contributed by atoms with E-state index in [0.717, 1.165) is 11.1 Å². The van der Waals surface area contributed by atoms with Gasteiger partial charge >= 0.3 is 0 Å². The Morgan fingerprint density at radius 2 is 1.64 bits per heavy atom. The largest absolute Gasteiger partial charge is 0.370 e. The van der Waals surface area contributed by atoms with Gasteiger partial charge in [-0.25, -0.2) is 13.8 Å². The van der Waals surface area contributed by atoms with Crippen molar-refractivity contribution >= 4 is 17.4 Å². The molecule has 0 aromatic heterocycles. The molecule has 1 atom stereocenters. The molecule has 5 nitrogen and oxygen atoms in total. The second-order valence-electron chi connectivity index (χ2n) is 5.53. The quantitative estimate of drug-likeness (QED) is 0.504. The van der Waals surface area contributed by atoms with Crippen LogP contribution in [-0.4, -0.2) is 24.2 Å². The number of nitrogens with one attached hydrogen (secondary N) is 1. The van der Waals surface area contributed by atoms with Crippen molar-refractivity contribution in [2.75, 3.05) is 0 Å². The maximum absolute atomic E-state index is 12.9. The molecule has 0 radical (unpaired) electrons. The predicted octanol–water partition coefficient (Wildman–Crippen LogP) is 2.13. The third-order valence-electron chi connectivity index (χ3n) is 3.59. The molecule has 0 heterocycles. The summed E-state index contributed by atoms with van der Waals surface area (Å²) in [7, 11) is 0. The highest BCUT2D eigenvalue weighted by molar-refractivity contribution is 5.87. The van der Waals surface area contributed by atoms with Gasteiger partial charge in [-0.1, -0.05) is 42.5 Å². The fourth-order valence-corrected chi connectivity index (χ4v) is 2.35. The van der Waals surface area contributed by atoms with E-state index in [0.29, 0.717) is 12.2 Å². The number of nitrogens with two attached hydrogens (primary N) is 2. The topological polar surface area (TPSA) is 93.5 Å². The van der Waals surface area contributed by atoms with E-state index in [-0.39, 0.29) is 12.4 Å². The number of hydrogen-bond donors (Lipinski definition) is 3. The lowest BCUT2D eigenvalue weighted by molar-refractivity contribution is -0.131. The lowest BCUT2D eigenvalue weighted by Gasteiger charge is -2.17. The van der Waals surface area contributed by atoms with Gasteiger partial charge in [0.25, 0.3) is 6.43 Å². The molecule has 0 saturated carbocycles. The number of carbonyl (C=O) groups is 1. The summed E-state index contributed by atoms with van der Waals surface area (Å²) in [6, 6.07) is 15.0. The molecule has 0 aliphatic heterocycles. The first kappa shape index (κ1) is 18.5. The Hall–Kier alpha value is -2.80. The lowest BCUT2D eigenvalue weighted by atomic mass is 10.0. The normalized spacial score (nSPS) is 12.0. The highest BCUT2D eigenvalue weighted by Gasteiger charge is 2.26. The molecular weight excluding hydrogens is 326 g/mol. The van der Waals surface area contributed by atoms with Crippen molar-refractivity contribution < 1.29 is 13.6 Å². The van der Waals surface area contributed by atoms with E-state index in [1.165, 1.54) is 0 Å². The lowest BCUT2D eigenvalue weighted by Crippen LogP contribution is -2.41. The van der Waals surface area contributed by atoms with Crippen LogP contribution in [0.4, 0.5) is 14.5 Å². The Kier molecular flexibility index (Phi) is 6.59. The van der Waals surface area contributed by atoms with E-state index in [1.54, 1.807) is 24.3 Å². The summed E-state index contributed by atoms with van der Waals surface area (Å²) in [5.74, 6) is -1.19.